The van der Waals surface area contributed by atoms with Crippen molar-refractivity contribution in [2.45, 2.75) is 43.6 Å². The van der Waals surface area contributed by atoms with Gasteiger partial charge in [-0.3, -0.25) is 0 Å². The molecule has 0 saturated heterocycles. The zero-order valence-corrected chi connectivity index (χ0v) is 55.7. The molecular formula is C13HBr25. The van der Waals surface area contributed by atoms with Gasteiger partial charge in [-0.15, -0.1) is 0 Å². The average molecular weight is 2150 g/mol. The normalized spacial score (nSPS) is 33.7. The fourth-order valence-corrected chi connectivity index (χ4v) is 30.6. The molecule has 0 radical (unpaired) electrons. The Morgan fingerprint density at radius 2 is 0.316 bits per heavy atom. The second kappa shape index (κ2) is 14.9. The number of hydrogen-bond acceptors (Lipinski definition) is 0. The monoisotopic (exact) mass is 2130 g/mol. The summed E-state index contributed by atoms with van der Waals surface area (Å²) >= 11 is 98.8. The van der Waals surface area contributed by atoms with E-state index in [-0.39, 0.29) is 0 Å². The van der Waals surface area contributed by atoms with Crippen LogP contribution in [0.3, 0.4) is 0 Å². The molecule has 0 nitrogen and oxygen atoms in total. The van der Waals surface area contributed by atoms with Gasteiger partial charge in [0.25, 0.3) is 0 Å². The molecule has 0 aliphatic heterocycles. The van der Waals surface area contributed by atoms with Gasteiger partial charge in [0, 0.05) is 0 Å². The molecule has 38 heavy (non-hydrogen) atoms. The molecule has 1 rings (SSSR count). The predicted molar refractivity (Wildman–Crippen MR) is 260 cm³/mol. The van der Waals surface area contributed by atoms with Crippen molar-refractivity contribution in [3.05, 3.63) is 0 Å². The first-order valence-electron chi connectivity index (χ1n) is 8.08. The zero-order valence-electron chi connectivity index (χ0n) is 16.0. The molecule has 1 saturated carbocycles. The number of alkyl halides is 25. The number of halogens is 25. The van der Waals surface area contributed by atoms with Crippen molar-refractivity contribution in [3.63, 3.8) is 0 Å². The number of hydrogen-bond donors (Lipinski definition) is 0. The van der Waals surface area contributed by atoms with Crippen LogP contribution in [0, 0.1) is 0 Å². The van der Waals surface area contributed by atoms with Gasteiger partial charge >= 0.3 is 0 Å². The Balaban J connectivity index is 4.56. The van der Waals surface area contributed by atoms with E-state index in [1.807, 2.05) is 0 Å². The smallest absolute Gasteiger partial charge is 0.0839 e. The van der Waals surface area contributed by atoms with Crippen molar-refractivity contribution in [2.24, 2.45) is 0 Å². The summed E-state index contributed by atoms with van der Waals surface area (Å²) in [5.41, 5.74) is 0. The molecule has 228 valence electrons. The van der Waals surface area contributed by atoms with Crippen LogP contribution in [0.4, 0.5) is 0 Å². The van der Waals surface area contributed by atoms with Crippen LogP contribution in [0.15, 0.2) is 0 Å². The van der Waals surface area contributed by atoms with Gasteiger partial charge in [0.1, 0.15) is 38.8 Å². The molecule has 1 aliphatic rings. The summed E-state index contributed by atoms with van der Waals surface area (Å²) in [4.78, 5) is -0.508. The quantitative estimate of drug-likeness (QED) is 0.212. The van der Waals surface area contributed by atoms with E-state index in [2.05, 4.69) is 398 Å². The molecule has 0 atom stereocenters. The molecule has 0 aromatic heterocycles. The third-order valence-electron chi connectivity index (χ3n) is 5.02. The maximum atomic E-state index is 3.96. The molecule has 0 aromatic rings. The van der Waals surface area contributed by atoms with E-state index in [1.54, 1.807) is 0 Å². The summed E-state index contributed by atoms with van der Waals surface area (Å²) in [5.74, 6) is 0. The number of rotatable bonds is 0. The SMILES string of the molecule is BrC1C(Br)(Br)C(Br)(Br)C(Br)(Br)C(Br)(Br)C(Br)(Br)C(Br)(Br)C(Br)(Br)C(Br)(Br)C(Br)(Br)C(Br)(Br)C(Br)(Br)C1(Br)Br. The Hall–Kier alpha value is 12.0. The minimum absolute atomic E-state index is 0.508. The van der Waals surface area contributed by atoms with Gasteiger partial charge in [-0.25, -0.2) is 0 Å². The Kier molecular flexibility index (Phi) is 18.8. The topological polar surface area (TPSA) is 0 Å². The Morgan fingerprint density at radius 1 is 0.211 bits per heavy atom. The summed E-state index contributed by atoms with van der Waals surface area (Å²) in [6, 6.07) is 0. The van der Waals surface area contributed by atoms with Crippen LogP contribution in [-0.4, -0.2) is 43.6 Å². The fraction of sp³-hybridized carbons (Fsp3) is 1.00. The van der Waals surface area contributed by atoms with Crippen molar-refractivity contribution >= 4 is 398 Å². The highest BCUT2D eigenvalue weighted by molar-refractivity contribution is 9.39. The third kappa shape index (κ3) is 7.01. The van der Waals surface area contributed by atoms with Crippen LogP contribution in [-0.2, 0) is 0 Å². The zero-order chi connectivity index (χ0) is 31.6. The molecule has 0 spiro atoms. The summed E-state index contributed by atoms with van der Waals surface area (Å²) in [6.07, 6.45) is 0. The molecular weight excluding hydrogens is 2150 g/mol. The highest BCUT2D eigenvalue weighted by Gasteiger charge is 2.83. The summed E-state index contributed by atoms with van der Waals surface area (Å²) in [5, 5.41) is 0. The minimum atomic E-state index is -1.14. The lowest BCUT2D eigenvalue weighted by Crippen LogP contribution is -2.71. The average Bonchev–Trinajstić information content (AvgIpc) is 2.70. The first kappa shape index (κ1) is 48.0. The van der Waals surface area contributed by atoms with Gasteiger partial charge < -0.3 is 0 Å². The maximum absolute atomic E-state index is 3.96. The van der Waals surface area contributed by atoms with E-state index < -0.39 is 43.6 Å². The lowest BCUT2D eigenvalue weighted by molar-refractivity contribution is 0.552. The van der Waals surface area contributed by atoms with Crippen LogP contribution in [0.1, 0.15) is 0 Å². The highest BCUT2D eigenvalue weighted by atomic mass is 80.0. The van der Waals surface area contributed by atoms with Gasteiger partial charge in [0.05, 0.1) is 4.83 Å². The second-order valence-corrected chi connectivity index (χ2v) is 49.8. The van der Waals surface area contributed by atoms with Crippen molar-refractivity contribution in [1.82, 2.24) is 0 Å². The molecule has 0 heterocycles. The Morgan fingerprint density at radius 3 is 0.447 bits per heavy atom. The first-order valence-corrected chi connectivity index (χ1v) is 28.0. The second-order valence-electron chi connectivity index (χ2n) is 7.35. The molecule has 1 aliphatic carbocycles. The van der Waals surface area contributed by atoms with Crippen molar-refractivity contribution in [2.75, 3.05) is 0 Å². The lowest BCUT2D eigenvalue weighted by Gasteiger charge is -2.60. The van der Waals surface area contributed by atoms with E-state index >= 15 is 0 Å². The van der Waals surface area contributed by atoms with Crippen LogP contribution in [0.2, 0.25) is 0 Å². The van der Waals surface area contributed by atoms with Gasteiger partial charge in [-0.1, -0.05) is 398 Å². The van der Waals surface area contributed by atoms with Gasteiger partial charge in [-0.2, -0.15) is 0 Å². The highest BCUT2D eigenvalue weighted by Crippen LogP contribution is 2.83. The molecule has 1 fully saturated rings. The van der Waals surface area contributed by atoms with E-state index in [0.717, 1.165) is 0 Å². The van der Waals surface area contributed by atoms with Crippen LogP contribution < -0.4 is 0 Å². The van der Waals surface area contributed by atoms with Crippen LogP contribution in [0.25, 0.3) is 0 Å². The minimum Gasteiger partial charge on any atom is -0.0839 e. The lowest BCUT2D eigenvalue weighted by atomic mass is 10.0. The maximum Gasteiger partial charge on any atom is 0.135 e. The molecule has 0 aromatic carbocycles. The van der Waals surface area contributed by atoms with E-state index in [1.165, 1.54) is 0 Å². The molecule has 0 unspecified atom stereocenters. The third-order valence-corrected chi connectivity index (χ3v) is 60.4. The predicted octanol–water partition coefficient (Wildman–Crippen LogP) is 18.6. The fourth-order valence-electron chi connectivity index (χ4n) is 2.54. The standard InChI is InChI=1S/C13HBr25/c14-1-2(15,16)4(19,20)6(23,24)8(27,28)10(31,32)12(35,36)13(37,38)11(33,34)9(29,30)7(25,26)5(21,22)3(1,17)18/h1H. The summed E-state index contributed by atoms with van der Waals surface area (Å²) in [7, 11) is 0. The largest absolute Gasteiger partial charge is 0.135 e. The summed E-state index contributed by atoms with van der Waals surface area (Å²) in [6.45, 7) is 0. The Labute approximate surface area is 431 Å². The van der Waals surface area contributed by atoms with Gasteiger partial charge in [0.15, 0.2) is 0 Å². The van der Waals surface area contributed by atoms with Crippen LogP contribution >= 0.6 is 398 Å². The van der Waals surface area contributed by atoms with E-state index in [9.17, 15) is 0 Å². The molecule has 0 bridgehead atoms. The summed E-state index contributed by atoms with van der Waals surface area (Å²) < 4.78 is -13.2. The van der Waals surface area contributed by atoms with Crippen molar-refractivity contribution in [3.8, 4) is 0 Å². The van der Waals surface area contributed by atoms with Gasteiger partial charge in [0.2, 0.25) is 0 Å². The van der Waals surface area contributed by atoms with Crippen molar-refractivity contribution < 1.29 is 0 Å². The van der Waals surface area contributed by atoms with E-state index in [0.29, 0.717) is 0 Å². The van der Waals surface area contributed by atoms with E-state index in [4.69, 9.17) is 0 Å². The Bertz CT molecular complexity index is 848. The molecule has 0 N–H and O–H groups in total. The molecule has 0 amide bonds. The first-order chi connectivity index (χ1) is 15.9. The molecule has 25 heteroatoms. The van der Waals surface area contributed by atoms with Crippen LogP contribution in [0.5, 0.6) is 0 Å². The van der Waals surface area contributed by atoms with Gasteiger partial charge in [-0.05, 0) is 0 Å². The van der Waals surface area contributed by atoms with Crippen molar-refractivity contribution in [1.29, 1.82) is 0 Å².